The van der Waals surface area contributed by atoms with Crippen molar-refractivity contribution in [1.82, 2.24) is 4.98 Å². The van der Waals surface area contributed by atoms with E-state index in [-0.39, 0.29) is 9.92 Å². The van der Waals surface area contributed by atoms with E-state index in [4.69, 9.17) is 23.2 Å². The van der Waals surface area contributed by atoms with Crippen LogP contribution < -0.4 is 4.72 Å². The minimum Gasteiger partial charge on any atom is -0.278 e. The van der Waals surface area contributed by atoms with Gasteiger partial charge in [-0.3, -0.25) is 9.71 Å². The van der Waals surface area contributed by atoms with Crippen molar-refractivity contribution in [2.24, 2.45) is 0 Å². The Morgan fingerprint density at radius 1 is 1.21 bits per heavy atom. The average Bonchev–Trinajstić information content (AvgIpc) is 2.94. The lowest BCUT2D eigenvalue weighted by Gasteiger charge is -2.13. The van der Waals surface area contributed by atoms with Crippen molar-refractivity contribution < 1.29 is 8.42 Å². The van der Waals surface area contributed by atoms with Crippen molar-refractivity contribution >= 4 is 50.2 Å². The standard InChI is InChI=1S/C16H12Cl2N2O2S2/c1-10-5-12(17)6-14(18)16(10)24(21,22)20-15-9-23-8-13(15)11-3-2-4-19-7-11/h2-9,20H,1H3. The number of thiophene rings is 1. The minimum atomic E-state index is -3.85. The Bertz CT molecular complexity index is 963. The van der Waals surface area contributed by atoms with Crippen LogP contribution in [0, 0.1) is 6.92 Å². The second kappa shape index (κ2) is 6.72. The number of hydrogen-bond acceptors (Lipinski definition) is 4. The summed E-state index contributed by atoms with van der Waals surface area (Å²) in [6, 6.07) is 6.65. The fourth-order valence-corrected chi connectivity index (χ4v) is 5.47. The van der Waals surface area contributed by atoms with Gasteiger partial charge in [-0.1, -0.05) is 29.3 Å². The van der Waals surface area contributed by atoms with E-state index in [0.29, 0.717) is 16.3 Å². The molecule has 0 radical (unpaired) electrons. The smallest absolute Gasteiger partial charge is 0.263 e. The molecule has 0 spiro atoms. The summed E-state index contributed by atoms with van der Waals surface area (Å²) in [6.07, 6.45) is 3.34. The zero-order valence-electron chi connectivity index (χ0n) is 12.5. The number of rotatable bonds is 4. The van der Waals surface area contributed by atoms with Gasteiger partial charge < -0.3 is 0 Å². The molecular formula is C16H12Cl2N2O2S2. The van der Waals surface area contributed by atoms with Gasteiger partial charge in [-0.25, -0.2) is 8.42 Å². The van der Waals surface area contributed by atoms with Crippen LogP contribution in [0.25, 0.3) is 11.1 Å². The molecule has 124 valence electrons. The molecule has 8 heteroatoms. The molecule has 0 aliphatic rings. The van der Waals surface area contributed by atoms with Gasteiger partial charge in [0.25, 0.3) is 10.0 Å². The lowest BCUT2D eigenvalue weighted by Crippen LogP contribution is -2.15. The third-order valence-corrected chi connectivity index (χ3v) is 6.28. The van der Waals surface area contributed by atoms with Crippen LogP contribution in [0.2, 0.25) is 10.0 Å². The van der Waals surface area contributed by atoms with E-state index in [2.05, 4.69) is 9.71 Å². The molecule has 2 heterocycles. The van der Waals surface area contributed by atoms with Crippen LogP contribution in [0.3, 0.4) is 0 Å². The van der Waals surface area contributed by atoms with E-state index in [1.54, 1.807) is 36.8 Å². The SMILES string of the molecule is Cc1cc(Cl)cc(Cl)c1S(=O)(=O)Nc1cscc1-c1cccnc1. The van der Waals surface area contributed by atoms with Crippen LogP contribution in [0.15, 0.2) is 52.3 Å². The van der Waals surface area contributed by atoms with Gasteiger partial charge >= 0.3 is 0 Å². The predicted molar refractivity (Wildman–Crippen MR) is 99.6 cm³/mol. The quantitative estimate of drug-likeness (QED) is 0.654. The van der Waals surface area contributed by atoms with E-state index < -0.39 is 10.0 Å². The highest BCUT2D eigenvalue weighted by Crippen LogP contribution is 2.35. The number of benzene rings is 1. The molecule has 3 rings (SSSR count). The van der Waals surface area contributed by atoms with Crippen molar-refractivity contribution in [1.29, 1.82) is 0 Å². The molecule has 1 aromatic carbocycles. The number of pyridine rings is 1. The molecule has 3 aromatic rings. The summed E-state index contributed by atoms with van der Waals surface area (Å²) >= 11 is 13.4. The Balaban J connectivity index is 2.02. The summed E-state index contributed by atoms with van der Waals surface area (Å²) in [6.45, 7) is 1.65. The second-order valence-electron chi connectivity index (χ2n) is 5.08. The van der Waals surface area contributed by atoms with Crippen LogP contribution in [0.4, 0.5) is 5.69 Å². The lowest BCUT2D eigenvalue weighted by molar-refractivity contribution is 0.600. The number of aryl methyl sites for hydroxylation is 1. The number of aromatic nitrogens is 1. The number of nitrogens with one attached hydrogen (secondary N) is 1. The summed E-state index contributed by atoms with van der Waals surface area (Å²) in [4.78, 5) is 4.09. The first-order chi connectivity index (χ1) is 11.4. The molecule has 0 saturated heterocycles. The molecule has 24 heavy (non-hydrogen) atoms. The highest BCUT2D eigenvalue weighted by atomic mass is 35.5. The first-order valence-electron chi connectivity index (χ1n) is 6.83. The molecule has 0 bridgehead atoms. The number of nitrogens with zero attached hydrogens (tertiary/aromatic N) is 1. The maximum absolute atomic E-state index is 12.8. The molecule has 4 nitrogen and oxygen atoms in total. The van der Waals surface area contributed by atoms with Gasteiger partial charge in [0.05, 0.1) is 10.7 Å². The molecule has 0 aliphatic heterocycles. The summed E-state index contributed by atoms with van der Waals surface area (Å²) in [5.41, 5.74) is 2.56. The van der Waals surface area contributed by atoms with Gasteiger partial charge in [0, 0.05) is 39.3 Å². The Labute approximate surface area is 154 Å². The highest BCUT2D eigenvalue weighted by molar-refractivity contribution is 7.93. The van der Waals surface area contributed by atoms with Gasteiger partial charge in [0.15, 0.2) is 0 Å². The van der Waals surface area contributed by atoms with E-state index in [0.717, 1.165) is 11.1 Å². The molecule has 0 saturated carbocycles. The normalized spacial score (nSPS) is 11.5. The van der Waals surface area contributed by atoms with Crippen molar-refractivity contribution in [2.45, 2.75) is 11.8 Å². The largest absolute Gasteiger partial charge is 0.278 e. The topological polar surface area (TPSA) is 59.1 Å². The van der Waals surface area contributed by atoms with E-state index in [1.807, 2.05) is 11.4 Å². The Kier molecular flexibility index (Phi) is 4.83. The fraction of sp³-hybridized carbons (Fsp3) is 0.0625. The lowest BCUT2D eigenvalue weighted by atomic mass is 10.1. The molecule has 0 unspecified atom stereocenters. The van der Waals surface area contributed by atoms with Crippen LogP contribution in [-0.2, 0) is 10.0 Å². The first-order valence-corrected chi connectivity index (χ1v) is 10.0. The van der Waals surface area contributed by atoms with Crippen molar-refractivity contribution in [3.8, 4) is 11.1 Å². The molecule has 0 aliphatic carbocycles. The van der Waals surface area contributed by atoms with Gasteiger partial charge in [-0.15, -0.1) is 11.3 Å². The third kappa shape index (κ3) is 3.42. The van der Waals surface area contributed by atoms with Crippen LogP contribution in [-0.4, -0.2) is 13.4 Å². The minimum absolute atomic E-state index is 0.0249. The number of hydrogen-bond donors (Lipinski definition) is 1. The Morgan fingerprint density at radius 3 is 2.67 bits per heavy atom. The summed E-state index contributed by atoms with van der Waals surface area (Å²) < 4.78 is 28.2. The molecule has 0 amide bonds. The van der Waals surface area contributed by atoms with Crippen LogP contribution in [0.5, 0.6) is 0 Å². The average molecular weight is 399 g/mol. The summed E-state index contributed by atoms with van der Waals surface area (Å²) in [5.74, 6) is 0. The monoisotopic (exact) mass is 398 g/mol. The van der Waals surface area contributed by atoms with Crippen molar-refractivity contribution in [3.63, 3.8) is 0 Å². The molecule has 0 atom stereocenters. The Hall–Kier alpha value is -1.60. The van der Waals surface area contributed by atoms with E-state index >= 15 is 0 Å². The van der Waals surface area contributed by atoms with Crippen molar-refractivity contribution in [2.75, 3.05) is 4.72 Å². The Morgan fingerprint density at radius 2 is 2.00 bits per heavy atom. The predicted octanol–water partition coefficient (Wildman–Crippen LogP) is 5.23. The first kappa shape index (κ1) is 17.2. The fourth-order valence-electron chi connectivity index (χ4n) is 2.35. The second-order valence-corrected chi connectivity index (χ2v) is 8.29. The zero-order valence-corrected chi connectivity index (χ0v) is 15.6. The molecule has 0 fully saturated rings. The summed E-state index contributed by atoms with van der Waals surface area (Å²) in [7, 11) is -3.85. The maximum atomic E-state index is 12.8. The zero-order chi connectivity index (χ0) is 17.3. The highest BCUT2D eigenvalue weighted by Gasteiger charge is 2.23. The maximum Gasteiger partial charge on any atom is 0.263 e. The van der Waals surface area contributed by atoms with Gasteiger partial charge in [0.1, 0.15) is 4.90 Å². The van der Waals surface area contributed by atoms with Gasteiger partial charge in [-0.2, -0.15) is 0 Å². The number of anilines is 1. The van der Waals surface area contributed by atoms with Gasteiger partial charge in [0.2, 0.25) is 0 Å². The number of halogens is 2. The molecule has 2 aromatic heterocycles. The van der Waals surface area contributed by atoms with Crippen LogP contribution >= 0.6 is 34.5 Å². The third-order valence-electron chi connectivity index (χ3n) is 3.34. The van der Waals surface area contributed by atoms with Crippen molar-refractivity contribution in [3.05, 3.63) is 63.0 Å². The number of sulfonamides is 1. The van der Waals surface area contributed by atoms with Crippen LogP contribution in [0.1, 0.15) is 5.56 Å². The van der Waals surface area contributed by atoms with E-state index in [1.165, 1.54) is 17.4 Å². The summed E-state index contributed by atoms with van der Waals surface area (Å²) in [5, 5.41) is 4.08. The molecular weight excluding hydrogens is 387 g/mol. The molecule has 1 N–H and O–H groups in total. The van der Waals surface area contributed by atoms with E-state index in [9.17, 15) is 8.42 Å². The van der Waals surface area contributed by atoms with Gasteiger partial charge in [-0.05, 0) is 30.7 Å².